The molecule has 3 heteroatoms. The molecular formula is C11H17NOS. The molecule has 2 nitrogen and oxygen atoms in total. The molecule has 78 valence electrons. The van der Waals surface area contributed by atoms with Crippen molar-refractivity contribution < 1.29 is 5.11 Å². The lowest BCUT2D eigenvalue weighted by molar-refractivity contribution is 0.144. The van der Waals surface area contributed by atoms with Crippen LogP contribution in [0.25, 0.3) is 0 Å². The Bertz CT molecular complexity index is 273. The summed E-state index contributed by atoms with van der Waals surface area (Å²) >= 11 is 1.77. The summed E-state index contributed by atoms with van der Waals surface area (Å²) in [5.74, 6) is 0. The van der Waals surface area contributed by atoms with Crippen molar-refractivity contribution in [3.63, 3.8) is 0 Å². The number of rotatable bonds is 3. The van der Waals surface area contributed by atoms with E-state index in [-0.39, 0.29) is 6.10 Å². The van der Waals surface area contributed by atoms with Crippen LogP contribution < -0.4 is 5.32 Å². The molecule has 0 saturated heterocycles. The molecule has 14 heavy (non-hydrogen) atoms. The number of nitrogens with one attached hydrogen (secondary N) is 1. The summed E-state index contributed by atoms with van der Waals surface area (Å²) in [7, 11) is 0. The van der Waals surface area contributed by atoms with Crippen molar-refractivity contribution in [3.8, 4) is 0 Å². The van der Waals surface area contributed by atoms with Crippen LogP contribution in [0.5, 0.6) is 0 Å². The Balaban J connectivity index is 1.91. The summed E-state index contributed by atoms with van der Waals surface area (Å²) in [6, 6.07) is 4.88. The molecule has 1 fully saturated rings. The molecule has 0 bridgehead atoms. The highest BCUT2D eigenvalue weighted by molar-refractivity contribution is 7.10. The predicted molar refractivity (Wildman–Crippen MR) is 59.5 cm³/mol. The zero-order valence-corrected chi connectivity index (χ0v) is 9.26. The molecule has 0 aliphatic heterocycles. The molecule has 0 radical (unpaired) electrons. The SMILES string of the molecule is CC(NC1CCCC1O)c1cccs1. The van der Waals surface area contributed by atoms with E-state index < -0.39 is 0 Å². The van der Waals surface area contributed by atoms with Crippen LogP contribution in [0, 0.1) is 0 Å². The van der Waals surface area contributed by atoms with Crippen molar-refractivity contribution in [2.45, 2.75) is 44.4 Å². The third-order valence-electron chi connectivity index (χ3n) is 2.91. The van der Waals surface area contributed by atoms with E-state index in [0.717, 1.165) is 19.3 Å². The van der Waals surface area contributed by atoms with E-state index in [0.29, 0.717) is 12.1 Å². The zero-order valence-electron chi connectivity index (χ0n) is 8.44. The average Bonchev–Trinajstić information content (AvgIpc) is 2.77. The van der Waals surface area contributed by atoms with E-state index in [1.54, 1.807) is 11.3 Å². The minimum atomic E-state index is -0.141. The molecule has 2 rings (SSSR count). The fraction of sp³-hybridized carbons (Fsp3) is 0.636. The first-order valence-corrected chi connectivity index (χ1v) is 6.13. The number of hydrogen-bond acceptors (Lipinski definition) is 3. The molecule has 0 aromatic carbocycles. The minimum Gasteiger partial charge on any atom is -0.392 e. The Hall–Kier alpha value is -0.380. The lowest BCUT2D eigenvalue weighted by Crippen LogP contribution is -2.36. The first kappa shape index (κ1) is 10.1. The molecule has 1 saturated carbocycles. The van der Waals surface area contributed by atoms with Gasteiger partial charge in [-0.05, 0) is 37.6 Å². The van der Waals surface area contributed by atoms with Gasteiger partial charge in [-0.2, -0.15) is 0 Å². The van der Waals surface area contributed by atoms with E-state index in [2.05, 4.69) is 29.8 Å². The smallest absolute Gasteiger partial charge is 0.0693 e. The number of aliphatic hydroxyl groups excluding tert-OH is 1. The number of aliphatic hydroxyl groups is 1. The Morgan fingerprint density at radius 2 is 2.43 bits per heavy atom. The summed E-state index contributed by atoms with van der Waals surface area (Å²) in [5.41, 5.74) is 0. The highest BCUT2D eigenvalue weighted by Gasteiger charge is 2.26. The number of thiophene rings is 1. The second-order valence-corrected chi connectivity index (χ2v) is 4.99. The van der Waals surface area contributed by atoms with Crippen LogP contribution in [0.15, 0.2) is 17.5 Å². The van der Waals surface area contributed by atoms with Gasteiger partial charge in [0.1, 0.15) is 0 Å². The van der Waals surface area contributed by atoms with Crippen LogP contribution in [-0.2, 0) is 0 Å². The van der Waals surface area contributed by atoms with Crippen LogP contribution in [0.2, 0.25) is 0 Å². The van der Waals surface area contributed by atoms with Gasteiger partial charge in [0.05, 0.1) is 6.10 Å². The van der Waals surface area contributed by atoms with Gasteiger partial charge in [-0.1, -0.05) is 6.07 Å². The van der Waals surface area contributed by atoms with Crippen molar-refractivity contribution in [2.24, 2.45) is 0 Å². The van der Waals surface area contributed by atoms with Gasteiger partial charge in [0.15, 0.2) is 0 Å². The molecule has 0 amide bonds. The van der Waals surface area contributed by atoms with Crippen molar-refractivity contribution in [3.05, 3.63) is 22.4 Å². The molecule has 1 aromatic rings. The second kappa shape index (κ2) is 4.43. The average molecular weight is 211 g/mol. The standard InChI is InChI=1S/C11H17NOS/c1-8(11-6-3-7-14-11)12-9-4-2-5-10(9)13/h3,6-10,12-13H,2,4-5H2,1H3. The Labute approximate surface area is 89.0 Å². The van der Waals surface area contributed by atoms with Crippen molar-refractivity contribution in [2.75, 3.05) is 0 Å². The van der Waals surface area contributed by atoms with Gasteiger partial charge < -0.3 is 10.4 Å². The summed E-state index contributed by atoms with van der Waals surface area (Å²) in [5, 5.41) is 15.3. The van der Waals surface area contributed by atoms with Gasteiger partial charge in [0.25, 0.3) is 0 Å². The lowest BCUT2D eigenvalue weighted by Gasteiger charge is -2.21. The molecule has 3 atom stereocenters. The summed E-state index contributed by atoms with van der Waals surface area (Å²) in [6.07, 6.45) is 3.07. The summed E-state index contributed by atoms with van der Waals surface area (Å²) in [4.78, 5) is 1.35. The van der Waals surface area contributed by atoms with Gasteiger partial charge in [-0.15, -0.1) is 11.3 Å². The van der Waals surface area contributed by atoms with Crippen LogP contribution in [0.4, 0.5) is 0 Å². The zero-order chi connectivity index (χ0) is 9.97. The largest absolute Gasteiger partial charge is 0.392 e. The van der Waals surface area contributed by atoms with Crippen LogP contribution in [0.1, 0.15) is 37.1 Å². The fourth-order valence-corrected chi connectivity index (χ4v) is 2.82. The van der Waals surface area contributed by atoms with Gasteiger partial charge >= 0.3 is 0 Å². The molecule has 3 unspecified atom stereocenters. The van der Waals surface area contributed by atoms with Crippen molar-refractivity contribution >= 4 is 11.3 Å². The first-order chi connectivity index (χ1) is 6.77. The molecule has 1 aliphatic carbocycles. The van der Waals surface area contributed by atoms with Gasteiger partial charge in [-0.25, -0.2) is 0 Å². The maximum atomic E-state index is 9.68. The monoisotopic (exact) mass is 211 g/mol. The maximum absolute atomic E-state index is 9.68. The Morgan fingerprint density at radius 3 is 3.00 bits per heavy atom. The summed E-state index contributed by atoms with van der Waals surface area (Å²) < 4.78 is 0. The molecular weight excluding hydrogens is 194 g/mol. The third-order valence-corrected chi connectivity index (χ3v) is 3.97. The molecule has 1 aromatic heterocycles. The number of hydrogen-bond donors (Lipinski definition) is 2. The van der Waals surface area contributed by atoms with Crippen molar-refractivity contribution in [1.82, 2.24) is 5.32 Å². The molecule has 2 N–H and O–H groups in total. The fourth-order valence-electron chi connectivity index (χ4n) is 2.08. The normalized spacial score (nSPS) is 29.3. The molecule has 0 spiro atoms. The Kier molecular flexibility index (Phi) is 3.21. The molecule has 1 heterocycles. The maximum Gasteiger partial charge on any atom is 0.0693 e. The van der Waals surface area contributed by atoms with E-state index in [4.69, 9.17) is 0 Å². The Morgan fingerprint density at radius 1 is 1.57 bits per heavy atom. The third kappa shape index (κ3) is 2.16. The topological polar surface area (TPSA) is 32.3 Å². The first-order valence-electron chi connectivity index (χ1n) is 5.25. The van der Waals surface area contributed by atoms with Crippen LogP contribution in [-0.4, -0.2) is 17.3 Å². The van der Waals surface area contributed by atoms with Gasteiger partial charge in [0, 0.05) is 17.0 Å². The van der Waals surface area contributed by atoms with E-state index >= 15 is 0 Å². The highest BCUT2D eigenvalue weighted by atomic mass is 32.1. The van der Waals surface area contributed by atoms with E-state index in [1.165, 1.54) is 4.88 Å². The molecule has 1 aliphatic rings. The van der Waals surface area contributed by atoms with Crippen LogP contribution in [0.3, 0.4) is 0 Å². The van der Waals surface area contributed by atoms with E-state index in [9.17, 15) is 5.11 Å². The van der Waals surface area contributed by atoms with E-state index in [1.807, 2.05) is 0 Å². The lowest BCUT2D eigenvalue weighted by atomic mass is 10.1. The van der Waals surface area contributed by atoms with Gasteiger partial charge in [0.2, 0.25) is 0 Å². The van der Waals surface area contributed by atoms with Crippen LogP contribution >= 0.6 is 11.3 Å². The van der Waals surface area contributed by atoms with Gasteiger partial charge in [-0.3, -0.25) is 0 Å². The summed E-state index contributed by atoms with van der Waals surface area (Å²) in [6.45, 7) is 2.16. The quantitative estimate of drug-likeness (QED) is 0.804. The predicted octanol–water partition coefficient (Wildman–Crippen LogP) is 2.31. The van der Waals surface area contributed by atoms with Crippen molar-refractivity contribution in [1.29, 1.82) is 0 Å². The highest BCUT2D eigenvalue weighted by Crippen LogP contribution is 2.24. The second-order valence-electron chi connectivity index (χ2n) is 4.01. The minimum absolute atomic E-state index is 0.141.